The summed E-state index contributed by atoms with van der Waals surface area (Å²) >= 11 is 0. The van der Waals surface area contributed by atoms with Crippen LogP contribution in [0.2, 0.25) is 0 Å². The molecule has 3 aromatic rings. The van der Waals surface area contributed by atoms with Gasteiger partial charge >= 0.3 is 0 Å². The van der Waals surface area contributed by atoms with Crippen LogP contribution in [0, 0.1) is 0 Å². The van der Waals surface area contributed by atoms with Crippen LogP contribution in [-0.4, -0.2) is 54.0 Å². The normalized spacial score (nSPS) is 11.4. The van der Waals surface area contributed by atoms with Crippen molar-refractivity contribution < 1.29 is 13.9 Å². The van der Waals surface area contributed by atoms with Gasteiger partial charge in [-0.05, 0) is 57.0 Å². The van der Waals surface area contributed by atoms with Gasteiger partial charge in [-0.1, -0.05) is 6.07 Å². The summed E-state index contributed by atoms with van der Waals surface area (Å²) in [5, 5.41) is 13.8. The Balaban J connectivity index is 1.50. The second-order valence-electron chi connectivity index (χ2n) is 6.92. The molecule has 0 saturated heterocycles. The lowest BCUT2D eigenvalue weighted by Crippen LogP contribution is -2.38. The molecule has 0 saturated carbocycles. The van der Waals surface area contributed by atoms with Crippen LogP contribution in [0.4, 0.5) is 0 Å². The minimum absolute atomic E-state index is 0.556. The Morgan fingerprint density at radius 1 is 1.06 bits per heavy atom. The zero-order valence-electron chi connectivity index (χ0n) is 19.0. The zero-order chi connectivity index (χ0) is 22.6. The van der Waals surface area contributed by atoms with E-state index in [1.165, 1.54) is 5.56 Å². The van der Waals surface area contributed by atoms with Gasteiger partial charge in [0.25, 0.3) is 0 Å². The van der Waals surface area contributed by atoms with E-state index in [1.807, 2.05) is 45.0 Å². The summed E-state index contributed by atoms with van der Waals surface area (Å²) in [6.45, 7) is 9.32. The predicted molar refractivity (Wildman–Crippen MR) is 124 cm³/mol. The largest absolute Gasteiger partial charge is 0.490 e. The van der Waals surface area contributed by atoms with E-state index in [0.717, 1.165) is 42.8 Å². The molecule has 3 N–H and O–H groups in total. The quantitative estimate of drug-likeness (QED) is 0.293. The van der Waals surface area contributed by atoms with Crippen LogP contribution in [-0.2, 0) is 12.8 Å². The lowest BCUT2D eigenvalue weighted by molar-refractivity contribution is 0.287. The molecule has 2 aromatic heterocycles. The summed E-state index contributed by atoms with van der Waals surface area (Å²) < 4.78 is 16.7. The van der Waals surface area contributed by atoms with Crippen molar-refractivity contribution in [2.24, 2.45) is 4.99 Å². The van der Waals surface area contributed by atoms with Crippen LogP contribution in [0.1, 0.15) is 32.2 Å². The fourth-order valence-corrected chi connectivity index (χ4v) is 3.11. The molecule has 0 aliphatic heterocycles. The van der Waals surface area contributed by atoms with E-state index in [1.54, 1.807) is 6.26 Å². The summed E-state index contributed by atoms with van der Waals surface area (Å²) in [4.78, 5) is 9.08. The molecule has 32 heavy (non-hydrogen) atoms. The van der Waals surface area contributed by atoms with Crippen LogP contribution >= 0.6 is 0 Å². The van der Waals surface area contributed by atoms with Gasteiger partial charge in [0.05, 0.1) is 19.5 Å². The second kappa shape index (κ2) is 12.4. The van der Waals surface area contributed by atoms with Crippen molar-refractivity contribution in [3.8, 4) is 23.1 Å². The molecule has 0 amide bonds. The fourth-order valence-electron chi connectivity index (χ4n) is 3.11. The molecule has 0 spiro atoms. The first kappa shape index (κ1) is 23.2. The Kier molecular flexibility index (Phi) is 8.97. The average Bonchev–Trinajstić information content (AvgIpc) is 3.48. The van der Waals surface area contributed by atoms with Crippen LogP contribution in [0.5, 0.6) is 11.5 Å². The van der Waals surface area contributed by atoms with Crippen molar-refractivity contribution in [2.75, 3.05) is 32.8 Å². The monoisotopic (exact) mass is 440 g/mol. The minimum atomic E-state index is 0.556. The molecule has 0 unspecified atom stereocenters. The van der Waals surface area contributed by atoms with Crippen molar-refractivity contribution in [2.45, 2.75) is 33.6 Å². The van der Waals surface area contributed by atoms with E-state index in [9.17, 15) is 0 Å². The van der Waals surface area contributed by atoms with Gasteiger partial charge in [0.1, 0.15) is 5.82 Å². The maximum atomic E-state index is 5.72. The average molecular weight is 441 g/mol. The van der Waals surface area contributed by atoms with E-state index in [-0.39, 0.29) is 0 Å². The summed E-state index contributed by atoms with van der Waals surface area (Å²) in [5.74, 6) is 4.31. The third kappa shape index (κ3) is 6.76. The molecule has 0 fully saturated rings. The first-order valence-corrected chi connectivity index (χ1v) is 11.1. The van der Waals surface area contributed by atoms with Crippen molar-refractivity contribution in [1.82, 2.24) is 25.8 Å². The second-order valence-corrected chi connectivity index (χ2v) is 6.92. The Morgan fingerprint density at radius 3 is 2.66 bits per heavy atom. The number of furan rings is 1. The van der Waals surface area contributed by atoms with Crippen molar-refractivity contribution in [3.63, 3.8) is 0 Å². The number of hydrogen-bond acceptors (Lipinski definition) is 6. The highest BCUT2D eigenvalue weighted by Crippen LogP contribution is 2.28. The lowest BCUT2D eigenvalue weighted by Gasteiger charge is -2.14. The number of rotatable bonds is 12. The molecular formula is C23H32N6O3. The van der Waals surface area contributed by atoms with Gasteiger partial charge in [-0.25, -0.2) is 4.98 Å². The maximum absolute atomic E-state index is 5.72. The Morgan fingerprint density at radius 2 is 1.91 bits per heavy atom. The van der Waals surface area contributed by atoms with E-state index >= 15 is 0 Å². The first-order chi connectivity index (χ1) is 15.7. The summed E-state index contributed by atoms with van der Waals surface area (Å²) in [7, 11) is 0. The van der Waals surface area contributed by atoms with E-state index in [2.05, 4.69) is 36.9 Å². The fraction of sp³-hybridized carbons (Fsp3) is 0.435. The van der Waals surface area contributed by atoms with Crippen molar-refractivity contribution in [3.05, 3.63) is 48.0 Å². The topological polar surface area (TPSA) is 110 Å². The molecule has 3 rings (SSSR count). The molecule has 2 heterocycles. The Labute approximate surface area is 188 Å². The van der Waals surface area contributed by atoms with Crippen LogP contribution in [0.3, 0.4) is 0 Å². The highest BCUT2D eigenvalue weighted by Gasteiger charge is 2.09. The number of benzene rings is 1. The summed E-state index contributed by atoms with van der Waals surface area (Å²) in [6.07, 6.45) is 3.10. The van der Waals surface area contributed by atoms with Gasteiger partial charge in [0.2, 0.25) is 5.82 Å². The molecule has 9 nitrogen and oxygen atoms in total. The lowest BCUT2D eigenvalue weighted by atomic mass is 10.1. The highest BCUT2D eigenvalue weighted by atomic mass is 16.5. The highest BCUT2D eigenvalue weighted by molar-refractivity contribution is 5.79. The number of aliphatic imine (C=N–C) groups is 1. The Bertz CT molecular complexity index is 968. The number of nitrogens with zero attached hydrogens (tertiary/aromatic N) is 3. The number of guanidine groups is 1. The number of H-pyrrole nitrogens is 1. The zero-order valence-corrected chi connectivity index (χ0v) is 19.0. The SMILES string of the molecule is CCNC(=NCCc1nc(-c2ccco2)n[nH]1)NCCc1ccc(OCC)c(OCC)c1. The van der Waals surface area contributed by atoms with Crippen molar-refractivity contribution >= 4 is 5.96 Å². The van der Waals surface area contributed by atoms with Crippen LogP contribution in [0.15, 0.2) is 46.0 Å². The molecule has 0 bridgehead atoms. The van der Waals surface area contributed by atoms with E-state index in [4.69, 9.17) is 13.9 Å². The van der Waals surface area contributed by atoms with Crippen LogP contribution in [0.25, 0.3) is 11.6 Å². The molecule has 0 aliphatic carbocycles. The van der Waals surface area contributed by atoms with Gasteiger partial charge in [0, 0.05) is 26.1 Å². The van der Waals surface area contributed by atoms with Gasteiger partial charge in [0.15, 0.2) is 23.2 Å². The molecule has 1 aromatic carbocycles. The molecule has 0 radical (unpaired) electrons. The van der Waals surface area contributed by atoms with Crippen molar-refractivity contribution in [1.29, 1.82) is 0 Å². The van der Waals surface area contributed by atoms with Gasteiger partial charge in [-0.15, -0.1) is 0 Å². The number of ether oxygens (including phenoxy) is 2. The van der Waals surface area contributed by atoms with Gasteiger partial charge in [-0.2, -0.15) is 5.10 Å². The third-order valence-electron chi connectivity index (χ3n) is 4.55. The maximum Gasteiger partial charge on any atom is 0.216 e. The molecule has 172 valence electrons. The number of hydrogen-bond donors (Lipinski definition) is 3. The predicted octanol–water partition coefficient (Wildman–Crippen LogP) is 3.20. The number of aromatic nitrogens is 3. The van der Waals surface area contributed by atoms with E-state index < -0.39 is 0 Å². The standard InChI is InChI=1S/C23H32N6O3/c1-4-24-23(26-14-12-21-27-22(29-28-21)19-8-7-15-32-19)25-13-11-17-9-10-18(30-5-2)20(16-17)31-6-3/h7-10,15-16H,4-6,11-14H2,1-3H3,(H2,24,25,26)(H,27,28,29). The molecule has 9 heteroatoms. The van der Waals surface area contributed by atoms with Crippen LogP contribution < -0.4 is 20.1 Å². The first-order valence-electron chi connectivity index (χ1n) is 11.1. The third-order valence-corrected chi connectivity index (χ3v) is 4.55. The molecular weight excluding hydrogens is 408 g/mol. The smallest absolute Gasteiger partial charge is 0.216 e. The summed E-state index contributed by atoms with van der Waals surface area (Å²) in [5.41, 5.74) is 1.17. The number of nitrogens with one attached hydrogen (secondary N) is 3. The van der Waals surface area contributed by atoms with Gasteiger partial charge < -0.3 is 24.5 Å². The Hall–Kier alpha value is -3.49. The molecule has 0 atom stereocenters. The van der Waals surface area contributed by atoms with E-state index in [0.29, 0.717) is 37.8 Å². The molecule has 0 aliphatic rings. The number of aromatic amines is 1. The van der Waals surface area contributed by atoms with Gasteiger partial charge in [-0.3, -0.25) is 10.1 Å². The summed E-state index contributed by atoms with van der Waals surface area (Å²) in [6, 6.07) is 9.73. The minimum Gasteiger partial charge on any atom is -0.490 e.